The van der Waals surface area contributed by atoms with Crippen molar-refractivity contribution in [2.24, 2.45) is 5.10 Å². The molecule has 0 radical (unpaired) electrons. The minimum atomic E-state index is -4.69. The van der Waals surface area contributed by atoms with Crippen molar-refractivity contribution in [1.82, 2.24) is 15.2 Å². The van der Waals surface area contributed by atoms with E-state index in [0.29, 0.717) is 26.2 Å². The molecule has 3 aromatic carbocycles. The van der Waals surface area contributed by atoms with Gasteiger partial charge in [0.05, 0.1) is 40.3 Å². The van der Waals surface area contributed by atoms with Crippen molar-refractivity contribution < 1.29 is 42.8 Å². The van der Waals surface area contributed by atoms with Crippen LogP contribution in [0.5, 0.6) is 5.75 Å². The first-order chi connectivity index (χ1) is 24.1. The lowest BCUT2D eigenvalue weighted by Crippen LogP contribution is -2.35. The van der Waals surface area contributed by atoms with Gasteiger partial charge in [0.1, 0.15) is 18.5 Å². The molecule has 0 saturated heterocycles. The van der Waals surface area contributed by atoms with Gasteiger partial charge in [0, 0.05) is 31.7 Å². The predicted molar refractivity (Wildman–Crippen MR) is 190 cm³/mol. The number of aliphatic hydroxyl groups is 3. The van der Waals surface area contributed by atoms with E-state index < -0.39 is 46.9 Å². The summed E-state index contributed by atoms with van der Waals surface area (Å²) >= 11 is 5.70. The molecule has 0 aromatic heterocycles. The van der Waals surface area contributed by atoms with Crippen molar-refractivity contribution >= 4 is 35.3 Å². The molecule has 0 heterocycles. The second-order valence-corrected chi connectivity index (χ2v) is 12.5. The highest BCUT2D eigenvalue weighted by Crippen LogP contribution is 2.35. The maximum absolute atomic E-state index is 13.4. The third kappa shape index (κ3) is 13.5. The lowest BCUT2D eigenvalue weighted by atomic mass is 10.1. The van der Waals surface area contributed by atoms with Crippen molar-refractivity contribution in [2.45, 2.75) is 58.7 Å². The van der Waals surface area contributed by atoms with E-state index >= 15 is 0 Å². The highest BCUT2D eigenvalue weighted by atomic mass is 35.5. The van der Waals surface area contributed by atoms with Crippen LogP contribution in [0.4, 0.5) is 18.9 Å². The summed E-state index contributed by atoms with van der Waals surface area (Å²) in [6, 6.07) is 14.3. The number of nitrogens with one attached hydrogen (secondary N) is 2. The van der Waals surface area contributed by atoms with Gasteiger partial charge in [-0.2, -0.15) is 18.3 Å². The molecule has 0 saturated carbocycles. The van der Waals surface area contributed by atoms with Crippen molar-refractivity contribution in [3.8, 4) is 5.75 Å². The SMILES string of the molecule is CCN(CC)CC(O)COc1ccc(NC(=O)c2cccc(CN(CC(C)O)CC(C)O)c2)c(C(=O)NN=Cc2ccc(Cl)c(C(F)(F)F)c2)c1. The van der Waals surface area contributed by atoms with Crippen molar-refractivity contribution in [1.29, 1.82) is 0 Å². The Labute approximate surface area is 300 Å². The summed E-state index contributed by atoms with van der Waals surface area (Å²) < 4.78 is 45.7. The fourth-order valence-electron chi connectivity index (χ4n) is 5.22. The van der Waals surface area contributed by atoms with Crippen LogP contribution in [-0.4, -0.2) is 101 Å². The van der Waals surface area contributed by atoms with Gasteiger partial charge in [0.15, 0.2) is 0 Å². The van der Waals surface area contributed by atoms with Crippen LogP contribution in [0.25, 0.3) is 0 Å². The second-order valence-electron chi connectivity index (χ2n) is 12.1. The summed E-state index contributed by atoms with van der Waals surface area (Å²) in [6.45, 7) is 9.99. The zero-order valence-corrected chi connectivity index (χ0v) is 29.7. The Kier molecular flexibility index (Phi) is 15.8. The van der Waals surface area contributed by atoms with E-state index in [0.717, 1.165) is 37.0 Å². The molecule has 5 N–H and O–H groups in total. The van der Waals surface area contributed by atoms with Crippen LogP contribution >= 0.6 is 11.6 Å². The first-order valence-corrected chi connectivity index (χ1v) is 16.8. The van der Waals surface area contributed by atoms with Crippen LogP contribution < -0.4 is 15.5 Å². The summed E-state index contributed by atoms with van der Waals surface area (Å²) in [4.78, 5) is 30.7. The molecule has 11 nitrogen and oxygen atoms in total. The fraction of sp³-hybridized carbons (Fsp3) is 0.417. The predicted octanol–water partition coefficient (Wildman–Crippen LogP) is 5.02. The number of aliphatic hydroxyl groups excluding tert-OH is 3. The van der Waals surface area contributed by atoms with Gasteiger partial charge in [-0.15, -0.1) is 0 Å². The third-order valence-corrected chi connectivity index (χ3v) is 7.93. The first kappa shape index (κ1) is 41.4. The molecule has 3 rings (SSSR count). The van der Waals surface area contributed by atoms with E-state index in [1.54, 1.807) is 32.0 Å². The zero-order chi connectivity index (χ0) is 37.7. The molecule has 0 aliphatic heterocycles. The molecule has 15 heteroatoms. The van der Waals surface area contributed by atoms with Gasteiger partial charge in [-0.25, -0.2) is 5.43 Å². The molecule has 0 aliphatic carbocycles. The number of anilines is 1. The number of hydrogen-bond donors (Lipinski definition) is 5. The molecule has 3 atom stereocenters. The Hall–Kier alpha value is -4.05. The van der Waals surface area contributed by atoms with E-state index in [4.69, 9.17) is 16.3 Å². The van der Waals surface area contributed by atoms with Crippen molar-refractivity contribution in [3.05, 3.63) is 93.5 Å². The Morgan fingerprint density at radius 2 is 1.61 bits per heavy atom. The maximum atomic E-state index is 13.4. The van der Waals surface area contributed by atoms with Crippen molar-refractivity contribution in [2.75, 3.05) is 44.6 Å². The average molecular weight is 736 g/mol. The first-order valence-electron chi connectivity index (χ1n) is 16.5. The second kappa shape index (κ2) is 19.5. The van der Waals surface area contributed by atoms with Crippen LogP contribution in [0.3, 0.4) is 0 Å². The Morgan fingerprint density at radius 1 is 0.922 bits per heavy atom. The number of hydrogen-bond acceptors (Lipinski definition) is 9. The summed E-state index contributed by atoms with van der Waals surface area (Å²) in [5, 5.41) is 36.3. The molecule has 2 amide bonds. The molecule has 0 aliphatic rings. The maximum Gasteiger partial charge on any atom is 0.417 e. The number of rotatable bonds is 18. The van der Waals surface area contributed by atoms with E-state index in [1.807, 2.05) is 29.7 Å². The fourth-order valence-corrected chi connectivity index (χ4v) is 5.44. The molecular formula is C36H45ClF3N5O6. The molecule has 51 heavy (non-hydrogen) atoms. The minimum Gasteiger partial charge on any atom is -0.491 e. The number of carbonyl (C=O) groups is 2. The number of benzene rings is 3. The molecule has 0 fully saturated rings. The van der Waals surface area contributed by atoms with Crippen LogP contribution in [-0.2, 0) is 12.7 Å². The molecule has 278 valence electrons. The number of nitrogens with zero attached hydrogens (tertiary/aromatic N) is 3. The molecule has 0 bridgehead atoms. The summed E-state index contributed by atoms with van der Waals surface area (Å²) in [5.41, 5.74) is 2.29. The number of carbonyl (C=O) groups excluding carboxylic acids is 2. The van der Waals surface area contributed by atoms with Crippen LogP contribution in [0.15, 0.2) is 65.8 Å². The summed E-state index contributed by atoms with van der Waals surface area (Å²) in [6.07, 6.45) is -5.76. The van der Waals surface area contributed by atoms with Gasteiger partial charge in [0.25, 0.3) is 11.8 Å². The lowest BCUT2D eigenvalue weighted by molar-refractivity contribution is -0.137. The van der Waals surface area contributed by atoms with E-state index in [9.17, 15) is 38.1 Å². The van der Waals surface area contributed by atoms with Crippen LogP contribution in [0.2, 0.25) is 5.02 Å². The number of ether oxygens (including phenoxy) is 1. The lowest BCUT2D eigenvalue weighted by Gasteiger charge is -2.25. The number of amides is 2. The van der Waals surface area contributed by atoms with Gasteiger partial charge in [0.2, 0.25) is 0 Å². The standard InChI is InChI=1S/C36H45ClF3N5O6/c1-5-44(6-2)21-28(48)22-51-29-11-13-33(30(16-29)35(50)43-41-17-25-10-12-32(37)31(15-25)36(38,39)40)42-34(49)27-9-7-8-26(14-27)20-45(18-23(3)46)19-24(4)47/h7-17,23-24,28,46-48H,5-6,18-22H2,1-4H3,(H,42,49)(H,43,50). The molecule has 3 aromatic rings. The Balaban J connectivity index is 1.85. The van der Waals surface area contributed by atoms with Gasteiger partial charge < -0.3 is 30.3 Å². The summed E-state index contributed by atoms with van der Waals surface area (Å²) in [5.74, 6) is -1.14. The number of likely N-dealkylation sites (N-methyl/N-ethyl adjacent to an activating group) is 1. The Morgan fingerprint density at radius 3 is 2.24 bits per heavy atom. The van der Waals surface area contributed by atoms with E-state index in [1.165, 1.54) is 24.3 Å². The number of alkyl halides is 3. The number of halogens is 4. The zero-order valence-electron chi connectivity index (χ0n) is 29.0. The van der Waals surface area contributed by atoms with Gasteiger partial charge in [-0.05, 0) is 80.5 Å². The van der Waals surface area contributed by atoms with Crippen molar-refractivity contribution in [3.63, 3.8) is 0 Å². The van der Waals surface area contributed by atoms with E-state index in [-0.39, 0.29) is 34.7 Å². The van der Waals surface area contributed by atoms with Gasteiger partial charge in [-0.1, -0.05) is 43.6 Å². The highest BCUT2D eigenvalue weighted by Gasteiger charge is 2.33. The molecular weight excluding hydrogens is 691 g/mol. The quantitative estimate of drug-likeness (QED) is 0.0905. The molecule has 3 unspecified atom stereocenters. The van der Waals surface area contributed by atoms with Gasteiger partial charge in [-0.3, -0.25) is 14.5 Å². The molecule has 0 spiro atoms. The van der Waals surface area contributed by atoms with Gasteiger partial charge >= 0.3 is 6.18 Å². The normalized spacial score (nSPS) is 13.7. The topological polar surface area (TPSA) is 147 Å². The summed E-state index contributed by atoms with van der Waals surface area (Å²) in [7, 11) is 0. The third-order valence-electron chi connectivity index (χ3n) is 7.61. The Bertz CT molecular complexity index is 1630. The largest absolute Gasteiger partial charge is 0.491 e. The van der Waals surface area contributed by atoms with Crippen LogP contribution in [0.1, 0.15) is 65.1 Å². The van der Waals surface area contributed by atoms with E-state index in [2.05, 4.69) is 15.8 Å². The smallest absolute Gasteiger partial charge is 0.417 e. The highest BCUT2D eigenvalue weighted by molar-refractivity contribution is 6.31. The number of hydrazone groups is 1. The average Bonchev–Trinajstić information content (AvgIpc) is 3.06. The monoisotopic (exact) mass is 735 g/mol. The minimum absolute atomic E-state index is 0.0279. The van der Waals surface area contributed by atoms with Crippen LogP contribution in [0, 0.1) is 0 Å².